The number of anilines is 1. The van der Waals surface area contributed by atoms with Gasteiger partial charge in [0.15, 0.2) is 0 Å². The van der Waals surface area contributed by atoms with Crippen molar-refractivity contribution in [2.45, 2.75) is 19.4 Å². The molecule has 0 aliphatic carbocycles. The molecule has 0 heterocycles. The second-order valence-corrected chi connectivity index (χ2v) is 5.00. The van der Waals surface area contributed by atoms with Crippen molar-refractivity contribution in [2.24, 2.45) is 0 Å². The van der Waals surface area contributed by atoms with E-state index in [1.165, 1.54) is 11.0 Å². The zero-order valence-electron chi connectivity index (χ0n) is 10.2. The molecular weight excluding hydrogens is 240 g/mol. The maximum absolute atomic E-state index is 12.2. The third-order valence-electron chi connectivity index (χ3n) is 2.84. The molecule has 0 fully saturated rings. The highest BCUT2D eigenvalue weighted by Gasteiger charge is 2.28. The lowest BCUT2D eigenvalue weighted by Crippen LogP contribution is -2.47. The van der Waals surface area contributed by atoms with Crippen LogP contribution >= 0.6 is 11.6 Å². The number of amides is 1. The number of rotatable bonds is 3. The topological polar surface area (TPSA) is 66.6 Å². The summed E-state index contributed by atoms with van der Waals surface area (Å²) in [5, 5.41) is 9.72. The third kappa shape index (κ3) is 2.90. The molecule has 0 unspecified atom stereocenters. The number of carbonyl (C=O) groups is 1. The molecule has 3 N–H and O–H groups in total. The lowest BCUT2D eigenvalue weighted by molar-refractivity contribution is 0.0474. The molecule has 0 saturated heterocycles. The molecule has 0 atom stereocenters. The van der Waals surface area contributed by atoms with E-state index in [0.717, 1.165) is 0 Å². The molecular formula is C12H17ClN2O2. The Hall–Kier alpha value is -1.26. The second-order valence-electron chi connectivity index (χ2n) is 4.57. The first-order valence-electron chi connectivity index (χ1n) is 5.23. The number of aliphatic hydroxyl groups excluding tert-OH is 1. The van der Waals surface area contributed by atoms with Gasteiger partial charge in [-0.05, 0) is 32.0 Å². The number of aliphatic hydroxyl groups is 1. The minimum Gasteiger partial charge on any atom is -0.398 e. The van der Waals surface area contributed by atoms with Crippen LogP contribution in [-0.2, 0) is 0 Å². The van der Waals surface area contributed by atoms with Crippen LogP contribution in [0.15, 0.2) is 18.2 Å². The van der Waals surface area contributed by atoms with E-state index in [0.29, 0.717) is 16.3 Å². The fourth-order valence-corrected chi connectivity index (χ4v) is 1.47. The van der Waals surface area contributed by atoms with E-state index in [-0.39, 0.29) is 12.5 Å². The highest BCUT2D eigenvalue weighted by atomic mass is 35.5. The average molecular weight is 257 g/mol. The van der Waals surface area contributed by atoms with Crippen molar-refractivity contribution in [1.29, 1.82) is 0 Å². The van der Waals surface area contributed by atoms with Gasteiger partial charge < -0.3 is 15.7 Å². The molecule has 5 heteroatoms. The number of nitrogens with two attached hydrogens (primary N) is 1. The minimum atomic E-state index is -0.636. The van der Waals surface area contributed by atoms with Gasteiger partial charge >= 0.3 is 0 Å². The van der Waals surface area contributed by atoms with Gasteiger partial charge in [0.2, 0.25) is 0 Å². The molecule has 1 rings (SSSR count). The lowest BCUT2D eigenvalue weighted by atomic mass is 10.0. The number of hydrogen-bond donors (Lipinski definition) is 2. The van der Waals surface area contributed by atoms with Gasteiger partial charge in [-0.25, -0.2) is 0 Å². The van der Waals surface area contributed by atoms with Crippen LogP contribution in [-0.4, -0.2) is 35.1 Å². The van der Waals surface area contributed by atoms with E-state index in [2.05, 4.69) is 0 Å². The number of halogens is 1. The second kappa shape index (κ2) is 4.94. The Labute approximate surface area is 106 Å². The summed E-state index contributed by atoms with van der Waals surface area (Å²) in [5.74, 6) is -0.238. The van der Waals surface area contributed by atoms with Crippen molar-refractivity contribution in [3.05, 3.63) is 28.8 Å². The quantitative estimate of drug-likeness (QED) is 0.810. The van der Waals surface area contributed by atoms with E-state index in [1.807, 2.05) is 0 Å². The summed E-state index contributed by atoms with van der Waals surface area (Å²) in [4.78, 5) is 13.6. The predicted molar refractivity (Wildman–Crippen MR) is 69.1 cm³/mol. The van der Waals surface area contributed by atoms with Gasteiger partial charge in [-0.15, -0.1) is 0 Å². The van der Waals surface area contributed by atoms with Gasteiger partial charge in [0.25, 0.3) is 5.91 Å². The highest BCUT2D eigenvalue weighted by molar-refractivity contribution is 6.31. The summed E-state index contributed by atoms with van der Waals surface area (Å²) in [6.07, 6.45) is 0. The fourth-order valence-electron chi connectivity index (χ4n) is 1.29. The maximum Gasteiger partial charge on any atom is 0.256 e. The molecule has 94 valence electrons. The summed E-state index contributed by atoms with van der Waals surface area (Å²) < 4.78 is 0. The zero-order chi connectivity index (χ0) is 13.2. The Bertz CT molecular complexity index is 433. The number of nitrogens with zero attached hydrogens (tertiary/aromatic N) is 1. The summed E-state index contributed by atoms with van der Waals surface area (Å²) >= 11 is 5.77. The molecule has 1 amide bonds. The first-order valence-corrected chi connectivity index (χ1v) is 5.61. The van der Waals surface area contributed by atoms with Gasteiger partial charge in [0.1, 0.15) is 0 Å². The van der Waals surface area contributed by atoms with Crippen molar-refractivity contribution in [1.82, 2.24) is 4.90 Å². The number of benzene rings is 1. The molecule has 0 bridgehead atoms. The van der Waals surface area contributed by atoms with E-state index in [4.69, 9.17) is 17.3 Å². The van der Waals surface area contributed by atoms with E-state index in [1.54, 1.807) is 33.0 Å². The standard InChI is InChI=1S/C12H17ClN2O2/c1-12(2,7-16)15(3)11(17)9-5-4-8(13)6-10(9)14/h4-6,16H,7,14H2,1-3H3. The molecule has 0 aromatic heterocycles. The van der Waals surface area contributed by atoms with Crippen LogP contribution in [0.2, 0.25) is 5.02 Å². The Morgan fingerprint density at radius 3 is 2.59 bits per heavy atom. The maximum atomic E-state index is 12.2. The van der Waals surface area contributed by atoms with Crippen LogP contribution < -0.4 is 5.73 Å². The largest absolute Gasteiger partial charge is 0.398 e. The molecule has 0 aliphatic rings. The van der Waals surface area contributed by atoms with Crippen LogP contribution in [0, 0.1) is 0 Å². The van der Waals surface area contributed by atoms with Gasteiger partial charge in [0.05, 0.1) is 17.7 Å². The molecule has 0 aliphatic heterocycles. The Kier molecular flexibility index (Phi) is 4.01. The first-order chi connectivity index (χ1) is 7.79. The zero-order valence-corrected chi connectivity index (χ0v) is 11.0. The van der Waals surface area contributed by atoms with Crippen molar-refractivity contribution < 1.29 is 9.90 Å². The van der Waals surface area contributed by atoms with Gasteiger partial charge in [-0.1, -0.05) is 11.6 Å². The molecule has 4 nitrogen and oxygen atoms in total. The van der Waals surface area contributed by atoms with Crippen LogP contribution in [0.25, 0.3) is 0 Å². The molecule has 0 radical (unpaired) electrons. The normalized spacial score (nSPS) is 11.4. The summed E-state index contributed by atoms with van der Waals surface area (Å²) in [5.41, 5.74) is 5.84. The van der Waals surface area contributed by atoms with E-state index < -0.39 is 5.54 Å². The van der Waals surface area contributed by atoms with Crippen molar-refractivity contribution in [3.63, 3.8) is 0 Å². The lowest BCUT2D eigenvalue weighted by Gasteiger charge is -2.34. The van der Waals surface area contributed by atoms with Gasteiger partial charge in [-0.2, -0.15) is 0 Å². The van der Waals surface area contributed by atoms with Crippen LogP contribution in [0.4, 0.5) is 5.69 Å². The van der Waals surface area contributed by atoms with Crippen LogP contribution in [0.5, 0.6) is 0 Å². The average Bonchev–Trinajstić information content (AvgIpc) is 2.27. The Morgan fingerprint density at radius 2 is 2.12 bits per heavy atom. The van der Waals surface area contributed by atoms with E-state index >= 15 is 0 Å². The summed E-state index contributed by atoms with van der Waals surface area (Å²) in [6.45, 7) is 3.43. The molecule has 0 spiro atoms. The predicted octanol–water partition coefficient (Wildman–Crippen LogP) is 1.77. The highest BCUT2D eigenvalue weighted by Crippen LogP contribution is 2.22. The number of carbonyl (C=O) groups excluding carboxylic acids is 1. The monoisotopic (exact) mass is 256 g/mol. The van der Waals surface area contributed by atoms with E-state index in [9.17, 15) is 9.90 Å². The Balaban J connectivity index is 3.05. The van der Waals surface area contributed by atoms with Crippen LogP contribution in [0.3, 0.4) is 0 Å². The fraction of sp³-hybridized carbons (Fsp3) is 0.417. The smallest absolute Gasteiger partial charge is 0.256 e. The summed E-state index contributed by atoms with van der Waals surface area (Å²) in [6, 6.07) is 4.74. The van der Waals surface area contributed by atoms with Crippen LogP contribution in [0.1, 0.15) is 24.2 Å². The SMILES string of the molecule is CN(C(=O)c1ccc(Cl)cc1N)C(C)(C)CO. The third-order valence-corrected chi connectivity index (χ3v) is 3.08. The molecule has 1 aromatic rings. The molecule has 1 aromatic carbocycles. The van der Waals surface area contributed by atoms with Crippen molar-refractivity contribution in [3.8, 4) is 0 Å². The Morgan fingerprint density at radius 1 is 1.53 bits per heavy atom. The minimum absolute atomic E-state index is 0.122. The van der Waals surface area contributed by atoms with Crippen molar-refractivity contribution in [2.75, 3.05) is 19.4 Å². The molecule has 0 saturated carbocycles. The first kappa shape index (κ1) is 13.8. The number of hydrogen-bond acceptors (Lipinski definition) is 3. The summed E-state index contributed by atoms with van der Waals surface area (Å²) in [7, 11) is 1.63. The molecule has 17 heavy (non-hydrogen) atoms. The van der Waals surface area contributed by atoms with Crippen molar-refractivity contribution >= 4 is 23.2 Å². The van der Waals surface area contributed by atoms with Gasteiger partial charge in [-0.3, -0.25) is 4.79 Å². The number of nitrogen functional groups attached to an aromatic ring is 1. The number of likely N-dealkylation sites (N-methyl/N-ethyl adjacent to an activating group) is 1. The van der Waals surface area contributed by atoms with Gasteiger partial charge in [0, 0.05) is 17.8 Å².